The van der Waals surface area contributed by atoms with E-state index in [1.54, 1.807) is 12.1 Å². The first-order valence-corrected chi connectivity index (χ1v) is 4.70. The predicted octanol–water partition coefficient (Wildman–Crippen LogP) is 1.44. The van der Waals surface area contributed by atoms with Gasteiger partial charge >= 0.3 is 5.79 Å². The zero-order chi connectivity index (χ0) is 11.6. The summed E-state index contributed by atoms with van der Waals surface area (Å²) in [6, 6.07) is 5.38. The smallest absolute Gasteiger partial charge is 0.304 e. The summed E-state index contributed by atoms with van der Waals surface area (Å²) < 4.78 is 10.9. The molecule has 6 heteroatoms. The summed E-state index contributed by atoms with van der Waals surface area (Å²) in [5.41, 5.74) is 1.01. The van der Waals surface area contributed by atoms with Crippen LogP contribution in [0.2, 0.25) is 0 Å². The van der Waals surface area contributed by atoms with E-state index >= 15 is 0 Å². The molecule has 0 saturated carbocycles. The standard InChI is InChI=1S/C10H12O6/c1-7-2-3-8-9(4-7)16-10(15-8,5-13-11)6-14-12/h2-4,11-12H,5-6H2,1H3. The minimum atomic E-state index is -1.35. The van der Waals surface area contributed by atoms with Gasteiger partial charge in [-0.15, -0.1) is 0 Å². The molecule has 0 bridgehead atoms. The summed E-state index contributed by atoms with van der Waals surface area (Å²) in [6.45, 7) is 1.36. The van der Waals surface area contributed by atoms with Gasteiger partial charge < -0.3 is 9.47 Å². The maximum atomic E-state index is 8.45. The van der Waals surface area contributed by atoms with Crippen molar-refractivity contribution >= 4 is 0 Å². The van der Waals surface area contributed by atoms with E-state index in [1.165, 1.54) is 0 Å². The maximum Gasteiger partial charge on any atom is 0.304 e. The van der Waals surface area contributed by atoms with Crippen LogP contribution in [0.1, 0.15) is 5.56 Å². The molecule has 1 aliphatic rings. The van der Waals surface area contributed by atoms with Crippen LogP contribution < -0.4 is 9.47 Å². The molecule has 2 N–H and O–H groups in total. The number of rotatable bonds is 4. The lowest BCUT2D eigenvalue weighted by atomic mass is 10.2. The molecule has 0 radical (unpaired) electrons. The second-order valence-corrected chi connectivity index (χ2v) is 3.61. The van der Waals surface area contributed by atoms with Gasteiger partial charge in [-0.05, 0) is 24.6 Å². The van der Waals surface area contributed by atoms with Crippen molar-refractivity contribution in [3.63, 3.8) is 0 Å². The molecule has 1 aromatic carbocycles. The molecule has 0 atom stereocenters. The number of fused-ring (bicyclic) bond motifs is 1. The molecule has 0 fully saturated rings. The Balaban J connectivity index is 2.23. The SMILES string of the molecule is Cc1ccc2c(c1)OC(COO)(COO)O2. The molecule has 0 unspecified atom stereocenters. The zero-order valence-corrected chi connectivity index (χ0v) is 8.67. The fraction of sp³-hybridized carbons (Fsp3) is 0.400. The largest absolute Gasteiger partial charge is 0.444 e. The number of benzene rings is 1. The van der Waals surface area contributed by atoms with E-state index in [-0.39, 0.29) is 13.2 Å². The van der Waals surface area contributed by atoms with Crippen molar-refractivity contribution in [2.24, 2.45) is 0 Å². The van der Waals surface area contributed by atoms with Crippen molar-refractivity contribution in [1.82, 2.24) is 0 Å². The lowest BCUT2D eigenvalue weighted by molar-refractivity contribution is -0.335. The third-order valence-corrected chi connectivity index (χ3v) is 2.26. The van der Waals surface area contributed by atoms with E-state index in [9.17, 15) is 0 Å². The van der Waals surface area contributed by atoms with E-state index in [2.05, 4.69) is 9.78 Å². The topological polar surface area (TPSA) is 77.4 Å². The van der Waals surface area contributed by atoms with Crippen molar-refractivity contribution in [3.05, 3.63) is 23.8 Å². The highest BCUT2D eigenvalue weighted by Gasteiger charge is 2.43. The van der Waals surface area contributed by atoms with E-state index in [1.807, 2.05) is 13.0 Å². The summed E-state index contributed by atoms with van der Waals surface area (Å²) in [6.07, 6.45) is 0. The highest BCUT2D eigenvalue weighted by Crippen LogP contribution is 2.40. The monoisotopic (exact) mass is 228 g/mol. The van der Waals surface area contributed by atoms with Crippen molar-refractivity contribution in [2.75, 3.05) is 13.2 Å². The van der Waals surface area contributed by atoms with Crippen LogP contribution in [0.3, 0.4) is 0 Å². The molecule has 0 amide bonds. The summed E-state index contributed by atoms with van der Waals surface area (Å²) in [7, 11) is 0. The third kappa shape index (κ3) is 1.96. The molecule has 16 heavy (non-hydrogen) atoms. The summed E-state index contributed by atoms with van der Waals surface area (Å²) in [4.78, 5) is 8.00. The summed E-state index contributed by atoms with van der Waals surface area (Å²) >= 11 is 0. The normalized spacial score (nSPS) is 16.4. The van der Waals surface area contributed by atoms with Crippen molar-refractivity contribution in [3.8, 4) is 11.5 Å². The van der Waals surface area contributed by atoms with Crippen LogP contribution >= 0.6 is 0 Å². The highest BCUT2D eigenvalue weighted by molar-refractivity contribution is 5.45. The fourth-order valence-corrected chi connectivity index (χ4v) is 1.56. The van der Waals surface area contributed by atoms with Gasteiger partial charge in [0.2, 0.25) is 0 Å². The Morgan fingerprint density at radius 1 is 1.12 bits per heavy atom. The summed E-state index contributed by atoms with van der Waals surface area (Å²) in [5, 5.41) is 16.9. The quantitative estimate of drug-likeness (QED) is 0.599. The molecule has 88 valence electrons. The number of aryl methyl sites for hydroxylation is 1. The van der Waals surface area contributed by atoms with Gasteiger partial charge in [0.1, 0.15) is 0 Å². The average Bonchev–Trinajstić information content (AvgIpc) is 2.56. The second-order valence-electron chi connectivity index (χ2n) is 3.61. The predicted molar refractivity (Wildman–Crippen MR) is 52.3 cm³/mol. The highest BCUT2D eigenvalue weighted by atomic mass is 17.1. The first-order valence-electron chi connectivity index (χ1n) is 4.70. The Kier molecular flexibility index (Phi) is 2.97. The van der Waals surface area contributed by atoms with Crippen LogP contribution in [0.5, 0.6) is 11.5 Å². The molecule has 6 nitrogen and oxygen atoms in total. The number of hydrogen-bond donors (Lipinski definition) is 2. The maximum absolute atomic E-state index is 8.45. The van der Waals surface area contributed by atoms with Gasteiger partial charge in [-0.3, -0.25) is 10.5 Å². The summed E-state index contributed by atoms with van der Waals surface area (Å²) in [5.74, 6) is -0.312. The van der Waals surface area contributed by atoms with Crippen LogP contribution in [0, 0.1) is 6.92 Å². The molecule has 1 aromatic rings. The first kappa shape index (κ1) is 11.2. The Morgan fingerprint density at radius 3 is 2.38 bits per heavy atom. The fourth-order valence-electron chi connectivity index (χ4n) is 1.56. The molecule has 0 saturated heterocycles. The number of ether oxygens (including phenoxy) is 2. The zero-order valence-electron chi connectivity index (χ0n) is 8.67. The van der Waals surface area contributed by atoms with Gasteiger partial charge in [-0.1, -0.05) is 6.07 Å². The van der Waals surface area contributed by atoms with Crippen LogP contribution in [-0.4, -0.2) is 29.5 Å². The first-order chi connectivity index (χ1) is 7.69. The van der Waals surface area contributed by atoms with Gasteiger partial charge in [0.05, 0.1) is 0 Å². The molecule has 2 rings (SSSR count). The van der Waals surface area contributed by atoms with Gasteiger partial charge in [-0.25, -0.2) is 9.78 Å². The minimum absolute atomic E-state index is 0.277. The van der Waals surface area contributed by atoms with E-state index in [0.29, 0.717) is 11.5 Å². The van der Waals surface area contributed by atoms with Gasteiger partial charge in [0.25, 0.3) is 0 Å². The van der Waals surface area contributed by atoms with E-state index < -0.39 is 5.79 Å². The Morgan fingerprint density at radius 2 is 1.75 bits per heavy atom. The van der Waals surface area contributed by atoms with Crippen LogP contribution in [0.25, 0.3) is 0 Å². The third-order valence-electron chi connectivity index (χ3n) is 2.26. The average molecular weight is 228 g/mol. The molecule has 1 heterocycles. The van der Waals surface area contributed by atoms with Gasteiger partial charge in [-0.2, -0.15) is 0 Å². The van der Waals surface area contributed by atoms with E-state index in [4.69, 9.17) is 20.0 Å². The second kappa shape index (κ2) is 4.26. The van der Waals surface area contributed by atoms with Gasteiger partial charge in [0.15, 0.2) is 24.7 Å². The van der Waals surface area contributed by atoms with Crippen LogP contribution in [-0.2, 0) is 9.78 Å². The van der Waals surface area contributed by atoms with E-state index in [0.717, 1.165) is 5.56 Å². The van der Waals surface area contributed by atoms with Crippen molar-refractivity contribution in [1.29, 1.82) is 0 Å². The number of hydrogen-bond acceptors (Lipinski definition) is 6. The lowest BCUT2D eigenvalue weighted by Crippen LogP contribution is -2.47. The van der Waals surface area contributed by atoms with Crippen molar-refractivity contribution < 1.29 is 29.8 Å². The lowest BCUT2D eigenvalue weighted by Gasteiger charge is -2.23. The molecule has 0 aromatic heterocycles. The molecular formula is C10H12O6. The molecule has 1 aliphatic heterocycles. The molecular weight excluding hydrogens is 216 g/mol. The Hall–Kier alpha value is -1.34. The van der Waals surface area contributed by atoms with Crippen LogP contribution in [0.15, 0.2) is 18.2 Å². The minimum Gasteiger partial charge on any atom is -0.444 e. The van der Waals surface area contributed by atoms with Crippen molar-refractivity contribution in [2.45, 2.75) is 12.7 Å². The Labute approximate surface area is 91.8 Å². The molecule has 0 aliphatic carbocycles. The molecule has 0 spiro atoms. The van der Waals surface area contributed by atoms with Crippen LogP contribution in [0.4, 0.5) is 0 Å². The Bertz CT molecular complexity index is 372. The van der Waals surface area contributed by atoms with Gasteiger partial charge in [0, 0.05) is 0 Å².